The lowest BCUT2D eigenvalue weighted by atomic mass is 10.3. The van der Waals surface area contributed by atoms with E-state index in [2.05, 4.69) is 20.6 Å². The van der Waals surface area contributed by atoms with Crippen molar-refractivity contribution in [3.8, 4) is 5.75 Å². The van der Waals surface area contributed by atoms with Gasteiger partial charge in [-0.15, -0.1) is 0 Å². The molecule has 1 heterocycles. The Morgan fingerprint density at radius 3 is 2.62 bits per heavy atom. The molecule has 7 heteroatoms. The third kappa shape index (κ3) is 4.49. The molecular weight excluding hydrogens is 352 g/mol. The van der Waals surface area contributed by atoms with Gasteiger partial charge >= 0.3 is 0 Å². The average molecular weight is 369 g/mol. The van der Waals surface area contributed by atoms with E-state index in [1.165, 1.54) is 6.33 Å². The van der Waals surface area contributed by atoms with Crippen molar-refractivity contribution in [1.29, 1.82) is 0 Å². The van der Waals surface area contributed by atoms with Crippen LogP contribution in [-0.2, 0) is 0 Å². The van der Waals surface area contributed by atoms with E-state index in [9.17, 15) is 4.79 Å². The third-order valence-electron chi connectivity index (χ3n) is 3.46. The van der Waals surface area contributed by atoms with Gasteiger partial charge in [0.1, 0.15) is 23.6 Å². The Bertz CT molecular complexity index is 900. The molecule has 0 fully saturated rings. The molecule has 2 aromatic carbocycles. The second-order valence-corrected chi connectivity index (χ2v) is 5.71. The summed E-state index contributed by atoms with van der Waals surface area (Å²) >= 11 is 6.06. The fraction of sp³-hybridized carbons (Fsp3) is 0.105. The predicted molar refractivity (Wildman–Crippen MR) is 102 cm³/mol. The van der Waals surface area contributed by atoms with Crippen molar-refractivity contribution >= 4 is 34.7 Å². The smallest absolute Gasteiger partial charge is 0.274 e. The van der Waals surface area contributed by atoms with Gasteiger partial charge in [0, 0.05) is 11.8 Å². The van der Waals surface area contributed by atoms with Crippen LogP contribution in [0.1, 0.15) is 17.4 Å². The number of hydrogen-bond donors (Lipinski definition) is 2. The molecule has 26 heavy (non-hydrogen) atoms. The number of halogens is 1. The van der Waals surface area contributed by atoms with Crippen molar-refractivity contribution in [2.45, 2.75) is 6.92 Å². The molecule has 0 aliphatic rings. The molecule has 0 aliphatic heterocycles. The first kappa shape index (κ1) is 17.7. The number of benzene rings is 2. The van der Waals surface area contributed by atoms with E-state index < -0.39 is 0 Å². The first-order valence-electron chi connectivity index (χ1n) is 8.03. The molecule has 0 saturated carbocycles. The Morgan fingerprint density at radius 2 is 1.88 bits per heavy atom. The number of amides is 1. The first-order chi connectivity index (χ1) is 12.7. The van der Waals surface area contributed by atoms with Gasteiger partial charge in [0.2, 0.25) is 0 Å². The predicted octanol–water partition coefficient (Wildman–Crippen LogP) is 4.52. The molecule has 6 nitrogen and oxygen atoms in total. The number of nitrogens with one attached hydrogen (secondary N) is 2. The van der Waals surface area contributed by atoms with E-state index in [1.807, 2.05) is 31.2 Å². The zero-order chi connectivity index (χ0) is 18.4. The maximum Gasteiger partial charge on any atom is 0.274 e. The van der Waals surface area contributed by atoms with Crippen molar-refractivity contribution in [2.24, 2.45) is 0 Å². The summed E-state index contributed by atoms with van der Waals surface area (Å²) in [5.41, 5.74) is 1.58. The van der Waals surface area contributed by atoms with Crippen LogP contribution in [0.2, 0.25) is 5.02 Å². The van der Waals surface area contributed by atoms with Crippen LogP contribution in [0.25, 0.3) is 0 Å². The van der Waals surface area contributed by atoms with Gasteiger partial charge in [0.25, 0.3) is 5.91 Å². The van der Waals surface area contributed by atoms with Crippen LogP contribution in [0.5, 0.6) is 5.75 Å². The fourth-order valence-electron chi connectivity index (χ4n) is 2.25. The van der Waals surface area contributed by atoms with Gasteiger partial charge in [-0.3, -0.25) is 4.79 Å². The van der Waals surface area contributed by atoms with Crippen LogP contribution in [0.3, 0.4) is 0 Å². The van der Waals surface area contributed by atoms with Crippen LogP contribution < -0.4 is 15.4 Å². The summed E-state index contributed by atoms with van der Waals surface area (Å²) in [5, 5.41) is 6.33. The van der Waals surface area contributed by atoms with Gasteiger partial charge in [-0.1, -0.05) is 23.7 Å². The van der Waals surface area contributed by atoms with Crippen molar-refractivity contribution in [1.82, 2.24) is 9.97 Å². The van der Waals surface area contributed by atoms with Gasteiger partial charge in [0.05, 0.1) is 17.3 Å². The van der Waals surface area contributed by atoms with Gasteiger partial charge in [-0.05, 0) is 43.3 Å². The molecule has 2 N–H and O–H groups in total. The Morgan fingerprint density at radius 1 is 1.12 bits per heavy atom. The zero-order valence-corrected chi connectivity index (χ0v) is 14.8. The number of rotatable bonds is 6. The zero-order valence-electron chi connectivity index (χ0n) is 14.1. The minimum atomic E-state index is -0.366. The number of aromatic nitrogens is 2. The molecular formula is C19H17ClN4O2. The summed E-state index contributed by atoms with van der Waals surface area (Å²) in [6, 6.07) is 16.0. The van der Waals surface area contributed by atoms with Crippen molar-refractivity contribution in [3.05, 3.63) is 71.6 Å². The van der Waals surface area contributed by atoms with Gasteiger partial charge in [-0.2, -0.15) is 0 Å². The molecule has 0 saturated heterocycles. The molecule has 0 bridgehead atoms. The van der Waals surface area contributed by atoms with E-state index in [-0.39, 0.29) is 11.6 Å². The number of carbonyl (C=O) groups is 1. The molecule has 132 valence electrons. The van der Waals surface area contributed by atoms with Gasteiger partial charge in [0.15, 0.2) is 0 Å². The number of hydrogen-bond acceptors (Lipinski definition) is 5. The summed E-state index contributed by atoms with van der Waals surface area (Å²) in [5.74, 6) is 0.934. The summed E-state index contributed by atoms with van der Waals surface area (Å²) in [4.78, 5) is 20.5. The van der Waals surface area contributed by atoms with Crippen LogP contribution >= 0.6 is 11.6 Å². The molecule has 1 aromatic heterocycles. The molecule has 0 unspecified atom stereocenters. The lowest BCUT2D eigenvalue weighted by Crippen LogP contribution is -2.14. The lowest BCUT2D eigenvalue weighted by molar-refractivity contribution is 0.102. The Balaban J connectivity index is 1.71. The molecule has 0 radical (unpaired) electrons. The number of nitrogens with zero attached hydrogens (tertiary/aromatic N) is 2. The Hall–Kier alpha value is -3.12. The topological polar surface area (TPSA) is 76.1 Å². The molecule has 1 amide bonds. The van der Waals surface area contributed by atoms with Crippen molar-refractivity contribution in [3.63, 3.8) is 0 Å². The maximum absolute atomic E-state index is 12.4. The van der Waals surface area contributed by atoms with Crippen molar-refractivity contribution < 1.29 is 9.53 Å². The van der Waals surface area contributed by atoms with E-state index in [0.717, 1.165) is 11.4 Å². The van der Waals surface area contributed by atoms with E-state index >= 15 is 0 Å². The number of anilines is 3. The van der Waals surface area contributed by atoms with Crippen LogP contribution in [0, 0.1) is 0 Å². The normalized spacial score (nSPS) is 10.2. The first-order valence-corrected chi connectivity index (χ1v) is 8.41. The van der Waals surface area contributed by atoms with Gasteiger partial charge in [-0.25, -0.2) is 9.97 Å². The van der Waals surface area contributed by atoms with Gasteiger partial charge < -0.3 is 15.4 Å². The van der Waals surface area contributed by atoms with E-state index in [4.69, 9.17) is 16.3 Å². The van der Waals surface area contributed by atoms with Crippen LogP contribution in [0.4, 0.5) is 17.2 Å². The summed E-state index contributed by atoms with van der Waals surface area (Å²) in [7, 11) is 0. The molecule has 3 aromatic rings. The lowest BCUT2D eigenvalue weighted by Gasteiger charge is -2.09. The monoisotopic (exact) mass is 368 g/mol. The maximum atomic E-state index is 12.4. The van der Waals surface area contributed by atoms with Crippen LogP contribution in [-0.4, -0.2) is 22.5 Å². The van der Waals surface area contributed by atoms with E-state index in [0.29, 0.717) is 23.1 Å². The largest absolute Gasteiger partial charge is 0.494 e. The highest BCUT2D eigenvalue weighted by molar-refractivity contribution is 6.33. The van der Waals surface area contributed by atoms with Crippen molar-refractivity contribution in [2.75, 3.05) is 17.2 Å². The fourth-order valence-corrected chi connectivity index (χ4v) is 2.43. The Kier molecular flexibility index (Phi) is 5.66. The highest BCUT2D eigenvalue weighted by Crippen LogP contribution is 2.22. The summed E-state index contributed by atoms with van der Waals surface area (Å²) in [6.07, 6.45) is 1.33. The quantitative estimate of drug-likeness (QED) is 0.668. The average Bonchev–Trinajstić information content (AvgIpc) is 2.66. The third-order valence-corrected chi connectivity index (χ3v) is 3.79. The summed E-state index contributed by atoms with van der Waals surface area (Å²) < 4.78 is 5.41. The minimum Gasteiger partial charge on any atom is -0.494 e. The molecule has 3 rings (SSSR count). The molecule has 0 spiro atoms. The highest BCUT2D eigenvalue weighted by atomic mass is 35.5. The number of carbonyl (C=O) groups excluding carboxylic acids is 1. The standard InChI is InChI=1S/C19H17ClN4O2/c1-2-26-14-9-7-13(8-10-14)23-18-11-17(21-12-22-18)19(25)24-16-6-4-3-5-15(16)20/h3-12H,2H2,1H3,(H,24,25)(H,21,22,23). The minimum absolute atomic E-state index is 0.230. The summed E-state index contributed by atoms with van der Waals surface area (Å²) in [6.45, 7) is 2.55. The SMILES string of the molecule is CCOc1ccc(Nc2cc(C(=O)Nc3ccccc3Cl)ncn2)cc1. The number of ether oxygens (including phenoxy) is 1. The second-order valence-electron chi connectivity index (χ2n) is 5.30. The Labute approximate surface area is 156 Å². The molecule has 0 aliphatic carbocycles. The van der Waals surface area contributed by atoms with Crippen LogP contribution in [0.15, 0.2) is 60.9 Å². The number of para-hydroxylation sites is 1. The highest BCUT2D eigenvalue weighted by Gasteiger charge is 2.11. The second kappa shape index (κ2) is 8.31. The molecule has 0 atom stereocenters. The van der Waals surface area contributed by atoms with E-state index in [1.54, 1.807) is 30.3 Å².